The highest BCUT2D eigenvalue weighted by atomic mass is 16.3. The van der Waals surface area contributed by atoms with E-state index in [2.05, 4.69) is 10.5 Å². The molecule has 7 nitrogen and oxygen atoms in total. The molecule has 0 aliphatic heterocycles. The molecule has 126 valence electrons. The Kier molecular flexibility index (Phi) is 4.13. The van der Waals surface area contributed by atoms with Crippen LogP contribution in [0, 0.1) is 0 Å². The molecule has 3 aromatic rings. The second-order valence-electron chi connectivity index (χ2n) is 5.32. The van der Waals surface area contributed by atoms with E-state index in [1.165, 1.54) is 6.07 Å². The minimum absolute atomic E-state index is 0.0497. The van der Waals surface area contributed by atoms with Crippen molar-refractivity contribution < 1.29 is 25.2 Å². The summed E-state index contributed by atoms with van der Waals surface area (Å²) in [6, 6.07) is 12.3. The molecule has 0 aromatic heterocycles. The van der Waals surface area contributed by atoms with Gasteiger partial charge in [-0.1, -0.05) is 24.3 Å². The van der Waals surface area contributed by atoms with Gasteiger partial charge in [0, 0.05) is 11.6 Å². The summed E-state index contributed by atoms with van der Waals surface area (Å²) in [7, 11) is 0. The van der Waals surface area contributed by atoms with Gasteiger partial charge in [0.25, 0.3) is 5.91 Å². The fraction of sp³-hybridized carbons (Fsp3) is 0. The Morgan fingerprint density at radius 1 is 0.840 bits per heavy atom. The van der Waals surface area contributed by atoms with Crippen LogP contribution in [0.3, 0.4) is 0 Å². The van der Waals surface area contributed by atoms with Gasteiger partial charge < -0.3 is 20.4 Å². The van der Waals surface area contributed by atoms with Gasteiger partial charge in [-0.2, -0.15) is 5.10 Å². The molecule has 25 heavy (non-hydrogen) atoms. The molecule has 3 aromatic carbocycles. The lowest BCUT2D eigenvalue weighted by molar-refractivity contribution is 0.0952. The Hall–Kier alpha value is -3.74. The van der Waals surface area contributed by atoms with E-state index in [0.29, 0.717) is 0 Å². The van der Waals surface area contributed by atoms with Crippen LogP contribution in [-0.4, -0.2) is 32.5 Å². The number of hydrogen-bond donors (Lipinski definition) is 5. The second-order valence-corrected chi connectivity index (χ2v) is 5.32. The number of phenols is 4. The molecule has 0 aliphatic rings. The first-order valence-electron chi connectivity index (χ1n) is 7.26. The van der Waals surface area contributed by atoms with Crippen LogP contribution in [0.2, 0.25) is 0 Å². The molecule has 0 saturated heterocycles. The molecule has 0 fully saturated rings. The Labute approximate surface area is 142 Å². The summed E-state index contributed by atoms with van der Waals surface area (Å²) in [6.45, 7) is 0. The zero-order chi connectivity index (χ0) is 18.0. The van der Waals surface area contributed by atoms with Crippen molar-refractivity contribution in [3.63, 3.8) is 0 Å². The maximum absolute atomic E-state index is 12.2. The van der Waals surface area contributed by atoms with Gasteiger partial charge in [0.1, 0.15) is 11.5 Å². The molecule has 0 atom stereocenters. The molecule has 0 heterocycles. The van der Waals surface area contributed by atoms with Crippen molar-refractivity contribution in [3.05, 3.63) is 59.7 Å². The maximum atomic E-state index is 12.2. The van der Waals surface area contributed by atoms with Crippen LogP contribution in [0.1, 0.15) is 15.9 Å². The lowest BCUT2D eigenvalue weighted by Gasteiger charge is -2.06. The molecule has 5 N–H and O–H groups in total. The predicted octanol–water partition coefficient (Wildman–Crippen LogP) is 2.43. The fourth-order valence-corrected chi connectivity index (χ4v) is 2.32. The number of nitrogens with one attached hydrogen (secondary N) is 1. The number of fused-ring (bicyclic) bond motifs is 1. The zero-order valence-corrected chi connectivity index (χ0v) is 12.8. The first-order valence-corrected chi connectivity index (χ1v) is 7.26. The van der Waals surface area contributed by atoms with Gasteiger partial charge in [0.2, 0.25) is 0 Å². The average Bonchev–Trinajstić information content (AvgIpc) is 2.58. The smallest absolute Gasteiger partial charge is 0.275 e. The minimum atomic E-state index is -0.637. The van der Waals surface area contributed by atoms with Crippen LogP contribution < -0.4 is 5.43 Å². The van der Waals surface area contributed by atoms with Crippen molar-refractivity contribution in [1.82, 2.24) is 5.43 Å². The highest BCUT2D eigenvalue weighted by Gasteiger charge is 2.12. The third-order valence-electron chi connectivity index (χ3n) is 3.60. The van der Waals surface area contributed by atoms with E-state index in [1.54, 1.807) is 6.07 Å². The van der Waals surface area contributed by atoms with Crippen LogP contribution >= 0.6 is 0 Å². The molecule has 0 radical (unpaired) electrons. The molecule has 1 amide bonds. The standard InChI is InChI=1S/C18H14N2O5/c21-14-8-17(24)16(23)7-12(14)9-19-20-18(25)13-5-10-3-1-2-4-11(10)6-15(13)22/h1-9,21-24H,(H,20,25)/b19-9+. The van der Waals surface area contributed by atoms with Crippen molar-refractivity contribution in [1.29, 1.82) is 0 Å². The van der Waals surface area contributed by atoms with Gasteiger partial charge in [-0.15, -0.1) is 0 Å². The normalized spacial score (nSPS) is 11.0. The van der Waals surface area contributed by atoms with E-state index in [4.69, 9.17) is 0 Å². The maximum Gasteiger partial charge on any atom is 0.275 e. The number of rotatable bonds is 3. The molecule has 0 unspecified atom stereocenters. The van der Waals surface area contributed by atoms with Gasteiger partial charge in [-0.05, 0) is 29.0 Å². The highest BCUT2D eigenvalue weighted by Crippen LogP contribution is 2.31. The number of hydrogen-bond acceptors (Lipinski definition) is 6. The molecular weight excluding hydrogens is 324 g/mol. The number of aromatic hydroxyl groups is 4. The van der Waals surface area contributed by atoms with Crippen LogP contribution in [0.25, 0.3) is 10.8 Å². The third-order valence-corrected chi connectivity index (χ3v) is 3.60. The number of carbonyl (C=O) groups is 1. The van der Waals surface area contributed by atoms with Crippen LogP contribution in [0.4, 0.5) is 0 Å². The molecular formula is C18H14N2O5. The number of hydrazone groups is 1. The van der Waals surface area contributed by atoms with Crippen molar-refractivity contribution in [2.75, 3.05) is 0 Å². The van der Waals surface area contributed by atoms with Crippen molar-refractivity contribution in [3.8, 4) is 23.0 Å². The van der Waals surface area contributed by atoms with E-state index in [-0.39, 0.29) is 22.6 Å². The first kappa shape index (κ1) is 16.1. The summed E-state index contributed by atoms with van der Waals surface area (Å²) < 4.78 is 0. The summed E-state index contributed by atoms with van der Waals surface area (Å²) in [4.78, 5) is 12.2. The molecule has 7 heteroatoms. The minimum Gasteiger partial charge on any atom is -0.507 e. The molecule has 0 spiro atoms. The second kappa shape index (κ2) is 6.40. The Morgan fingerprint density at radius 2 is 1.48 bits per heavy atom. The predicted molar refractivity (Wildman–Crippen MR) is 92.1 cm³/mol. The van der Waals surface area contributed by atoms with Crippen LogP contribution in [-0.2, 0) is 0 Å². The molecule has 0 bridgehead atoms. The van der Waals surface area contributed by atoms with Gasteiger partial charge >= 0.3 is 0 Å². The summed E-state index contributed by atoms with van der Waals surface area (Å²) in [6.07, 6.45) is 1.10. The van der Waals surface area contributed by atoms with E-state index >= 15 is 0 Å². The summed E-state index contributed by atoms with van der Waals surface area (Å²) >= 11 is 0. The molecule has 0 aliphatic carbocycles. The van der Waals surface area contributed by atoms with E-state index < -0.39 is 17.4 Å². The van der Waals surface area contributed by atoms with Gasteiger partial charge in [0.15, 0.2) is 11.5 Å². The largest absolute Gasteiger partial charge is 0.507 e. The Balaban J connectivity index is 1.81. The van der Waals surface area contributed by atoms with Gasteiger partial charge in [0.05, 0.1) is 11.8 Å². The fourth-order valence-electron chi connectivity index (χ4n) is 2.32. The van der Waals surface area contributed by atoms with Gasteiger partial charge in [-0.25, -0.2) is 5.43 Å². The average molecular weight is 338 g/mol. The van der Waals surface area contributed by atoms with Crippen LogP contribution in [0.15, 0.2) is 53.6 Å². The quantitative estimate of drug-likeness (QED) is 0.217. The van der Waals surface area contributed by atoms with Crippen molar-refractivity contribution in [2.45, 2.75) is 0 Å². The lowest BCUT2D eigenvalue weighted by Crippen LogP contribution is -2.17. The number of phenolic OH excluding ortho intramolecular Hbond substituents is 4. The van der Waals surface area contributed by atoms with E-state index in [0.717, 1.165) is 29.1 Å². The highest BCUT2D eigenvalue weighted by molar-refractivity contribution is 6.01. The SMILES string of the molecule is O=C(N/N=C/c1cc(O)c(O)cc1O)c1cc2ccccc2cc1O. The number of amides is 1. The Bertz CT molecular complexity index is 998. The Morgan fingerprint density at radius 3 is 2.20 bits per heavy atom. The van der Waals surface area contributed by atoms with E-state index in [9.17, 15) is 25.2 Å². The topological polar surface area (TPSA) is 122 Å². The molecule has 3 rings (SSSR count). The zero-order valence-electron chi connectivity index (χ0n) is 12.8. The van der Waals surface area contributed by atoms with Gasteiger partial charge in [-0.3, -0.25) is 4.79 Å². The number of carbonyl (C=O) groups excluding carboxylic acids is 1. The van der Waals surface area contributed by atoms with Crippen molar-refractivity contribution >= 4 is 22.9 Å². The summed E-state index contributed by atoms with van der Waals surface area (Å²) in [5, 5.41) is 43.6. The summed E-state index contributed by atoms with van der Waals surface area (Å²) in [5.41, 5.74) is 2.37. The third kappa shape index (κ3) is 3.30. The van der Waals surface area contributed by atoms with Crippen LogP contribution in [0.5, 0.6) is 23.0 Å². The summed E-state index contributed by atoms with van der Waals surface area (Å²) in [5.74, 6) is -2.04. The van der Waals surface area contributed by atoms with Crippen molar-refractivity contribution in [2.24, 2.45) is 5.10 Å². The van der Waals surface area contributed by atoms with E-state index in [1.807, 2.05) is 24.3 Å². The lowest BCUT2D eigenvalue weighted by atomic mass is 10.1. The number of nitrogens with zero attached hydrogens (tertiary/aromatic N) is 1. The monoisotopic (exact) mass is 338 g/mol. The first-order chi connectivity index (χ1) is 12.0. The molecule has 0 saturated carbocycles. The number of benzene rings is 3.